The van der Waals surface area contributed by atoms with Gasteiger partial charge in [0.15, 0.2) is 5.82 Å². The molecule has 0 N–H and O–H groups in total. The minimum atomic E-state index is 0.465. The van der Waals surface area contributed by atoms with Crippen molar-refractivity contribution in [3.63, 3.8) is 0 Å². The van der Waals surface area contributed by atoms with Gasteiger partial charge in [-0.1, -0.05) is 11.6 Å². The zero-order chi connectivity index (χ0) is 11.0. The molecule has 0 aliphatic heterocycles. The Balaban J connectivity index is 2.64. The molecule has 2 aromatic heterocycles. The third kappa shape index (κ3) is 1.72. The van der Waals surface area contributed by atoms with Crippen LogP contribution in [0.4, 0.5) is 0 Å². The second kappa shape index (κ2) is 3.62. The van der Waals surface area contributed by atoms with Crippen LogP contribution < -0.4 is 0 Å². The van der Waals surface area contributed by atoms with Gasteiger partial charge in [0.1, 0.15) is 11.5 Å². The summed E-state index contributed by atoms with van der Waals surface area (Å²) in [6.07, 6.45) is 1.45. The third-order valence-electron chi connectivity index (χ3n) is 2.21. The van der Waals surface area contributed by atoms with E-state index in [0.29, 0.717) is 5.15 Å². The smallest absolute Gasteiger partial charge is 0.161 e. The Bertz CT molecular complexity index is 504. The number of rotatable bonds is 1. The van der Waals surface area contributed by atoms with E-state index in [4.69, 9.17) is 11.6 Å². The highest BCUT2D eigenvalue weighted by Crippen LogP contribution is 2.18. The van der Waals surface area contributed by atoms with Gasteiger partial charge in [-0.15, -0.1) is 0 Å². The zero-order valence-corrected chi connectivity index (χ0v) is 9.58. The van der Waals surface area contributed by atoms with Crippen molar-refractivity contribution in [1.29, 1.82) is 0 Å². The molecule has 2 heterocycles. The average Bonchev–Trinajstić information content (AvgIpc) is 2.50. The highest BCUT2D eigenvalue weighted by atomic mass is 35.5. The van der Waals surface area contributed by atoms with Crippen LogP contribution in [0, 0.1) is 20.8 Å². The quantitative estimate of drug-likeness (QED) is 0.695. The molecule has 0 amide bonds. The second-order valence-corrected chi connectivity index (χ2v) is 3.81. The van der Waals surface area contributed by atoms with Gasteiger partial charge in [-0.2, -0.15) is 5.10 Å². The van der Waals surface area contributed by atoms with Gasteiger partial charge in [-0.3, -0.25) is 0 Å². The Labute approximate surface area is 92.9 Å². The van der Waals surface area contributed by atoms with Crippen LogP contribution in [0.25, 0.3) is 5.82 Å². The maximum atomic E-state index is 5.93. The van der Waals surface area contributed by atoms with Gasteiger partial charge >= 0.3 is 0 Å². The predicted octanol–water partition coefficient (Wildman–Crippen LogP) is 2.24. The summed E-state index contributed by atoms with van der Waals surface area (Å²) in [4.78, 5) is 8.10. The van der Waals surface area contributed by atoms with Crippen LogP contribution in [0.3, 0.4) is 0 Å². The minimum absolute atomic E-state index is 0.465. The molecule has 4 nitrogen and oxygen atoms in total. The highest BCUT2D eigenvalue weighted by molar-refractivity contribution is 6.30. The Morgan fingerprint density at radius 3 is 2.53 bits per heavy atom. The highest BCUT2D eigenvalue weighted by Gasteiger charge is 2.10. The van der Waals surface area contributed by atoms with Crippen LogP contribution >= 0.6 is 11.6 Å². The summed E-state index contributed by atoms with van der Waals surface area (Å²) >= 11 is 5.93. The largest absolute Gasteiger partial charge is 0.224 e. The fourth-order valence-electron chi connectivity index (χ4n) is 1.48. The summed E-state index contributed by atoms with van der Waals surface area (Å²) in [6, 6.07) is 2.00. The van der Waals surface area contributed by atoms with Crippen molar-refractivity contribution in [2.24, 2.45) is 0 Å². The van der Waals surface area contributed by atoms with Crippen molar-refractivity contribution in [3.8, 4) is 5.82 Å². The van der Waals surface area contributed by atoms with E-state index >= 15 is 0 Å². The Kier molecular flexibility index (Phi) is 2.44. The van der Waals surface area contributed by atoms with Crippen LogP contribution in [-0.2, 0) is 0 Å². The van der Waals surface area contributed by atoms with E-state index in [1.807, 2.05) is 26.8 Å². The van der Waals surface area contributed by atoms with Crippen LogP contribution in [0.5, 0.6) is 0 Å². The molecule has 2 rings (SSSR count). The van der Waals surface area contributed by atoms with Crippen LogP contribution in [-0.4, -0.2) is 19.7 Å². The van der Waals surface area contributed by atoms with Crippen LogP contribution in [0.1, 0.15) is 17.0 Å². The van der Waals surface area contributed by atoms with Gasteiger partial charge in [0, 0.05) is 11.3 Å². The summed E-state index contributed by atoms with van der Waals surface area (Å²) < 4.78 is 1.78. The predicted molar refractivity (Wildman–Crippen MR) is 58.4 cm³/mol. The van der Waals surface area contributed by atoms with E-state index < -0.39 is 0 Å². The third-order valence-corrected chi connectivity index (χ3v) is 2.59. The maximum Gasteiger partial charge on any atom is 0.161 e. The van der Waals surface area contributed by atoms with Crippen molar-refractivity contribution >= 4 is 11.6 Å². The average molecular weight is 223 g/mol. The van der Waals surface area contributed by atoms with Crippen molar-refractivity contribution in [3.05, 3.63) is 34.5 Å². The van der Waals surface area contributed by atoms with Crippen molar-refractivity contribution in [2.45, 2.75) is 20.8 Å². The van der Waals surface area contributed by atoms with E-state index in [9.17, 15) is 0 Å². The normalized spacial score (nSPS) is 10.7. The van der Waals surface area contributed by atoms with Gasteiger partial charge in [0.2, 0.25) is 0 Å². The number of aryl methyl sites for hydroxylation is 2. The van der Waals surface area contributed by atoms with Gasteiger partial charge in [-0.25, -0.2) is 14.6 Å². The zero-order valence-electron chi connectivity index (χ0n) is 8.82. The molecular formula is C10H11ClN4. The molecule has 78 valence electrons. The van der Waals surface area contributed by atoms with Gasteiger partial charge in [0.05, 0.1) is 5.69 Å². The topological polar surface area (TPSA) is 43.6 Å². The Hall–Kier alpha value is -1.42. The summed E-state index contributed by atoms with van der Waals surface area (Å²) in [5, 5.41) is 4.82. The Morgan fingerprint density at radius 1 is 1.20 bits per heavy atom. The number of hydrogen-bond acceptors (Lipinski definition) is 3. The maximum absolute atomic E-state index is 5.93. The van der Waals surface area contributed by atoms with Crippen LogP contribution in [0.2, 0.25) is 5.15 Å². The molecule has 0 saturated carbocycles. The Morgan fingerprint density at radius 2 is 1.93 bits per heavy atom. The van der Waals surface area contributed by atoms with E-state index in [1.165, 1.54) is 6.33 Å². The molecule has 0 radical (unpaired) electrons. The molecule has 0 aliphatic rings. The fraction of sp³-hybridized carbons (Fsp3) is 0.300. The van der Waals surface area contributed by atoms with Crippen LogP contribution in [0.15, 0.2) is 12.4 Å². The summed E-state index contributed by atoms with van der Waals surface area (Å²) in [5.41, 5.74) is 2.83. The molecule has 0 spiro atoms. The molecule has 5 heteroatoms. The first-order valence-electron chi connectivity index (χ1n) is 4.60. The lowest BCUT2D eigenvalue weighted by molar-refractivity contribution is 0.792. The number of halogens is 1. The molecule has 15 heavy (non-hydrogen) atoms. The summed E-state index contributed by atoms with van der Waals surface area (Å²) in [7, 11) is 0. The standard InChI is InChI=1S/C10H11ClN4/c1-6-4-7(2)15(14-6)10-8(3)9(11)12-5-13-10/h4-5H,1-3H3. The molecule has 0 aromatic carbocycles. The molecule has 0 fully saturated rings. The molecule has 0 aliphatic carbocycles. The molecule has 0 atom stereocenters. The first-order valence-corrected chi connectivity index (χ1v) is 4.98. The van der Waals surface area contributed by atoms with Crippen molar-refractivity contribution < 1.29 is 0 Å². The minimum Gasteiger partial charge on any atom is -0.224 e. The van der Waals surface area contributed by atoms with Gasteiger partial charge in [-0.05, 0) is 26.8 Å². The monoisotopic (exact) mass is 222 g/mol. The van der Waals surface area contributed by atoms with E-state index in [2.05, 4.69) is 15.1 Å². The lowest BCUT2D eigenvalue weighted by atomic mass is 10.3. The number of aromatic nitrogens is 4. The SMILES string of the molecule is Cc1cc(C)n(-c2ncnc(Cl)c2C)n1. The molecule has 0 unspecified atom stereocenters. The summed E-state index contributed by atoms with van der Waals surface area (Å²) in [6.45, 7) is 5.81. The number of hydrogen-bond donors (Lipinski definition) is 0. The first-order chi connectivity index (χ1) is 7.09. The summed E-state index contributed by atoms with van der Waals surface area (Å²) in [5.74, 6) is 0.737. The van der Waals surface area contributed by atoms with E-state index in [1.54, 1.807) is 4.68 Å². The molecule has 0 bridgehead atoms. The van der Waals surface area contributed by atoms with Crippen molar-refractivity contribution in [2.75, 3.05) is 0 Å². The fourth-order valence-corrected chi connectivity index (χ4v) is 1.61. The first kappa shape index (κ1) is 10.1. The molecule has 2 aromatic rings. The second-order valence-electron chi connectivity index (χ2n) is 3.45. The lowest BCUT2D eigenvalue weighted by Crippen LogP contribution is -2.05. The van der Waals surface area contributed by atoms with Gasteiger partial charge in [0.25, 0.3) is 0 Å². The van der Waals surface area contributed by atoms with Crippen molar-refractivity contribution in [1.82, 2.24) is 19.7 Å². The number of nitrogens with zero attached hydrogens (tertiary/aromatic N) is 4. The lowest BCUT2D eigenvalue weighted by Gasteiger charge is -2.06. The molecule has 0 saturated heterocycles. The molecular weight excluding hydrogens is 212 g/mol. The van der Waals surface area contributed by atoms with E-state index in [-0.39, 0.29) is 0 Å². The van der Waals surface area contributed by atoms with Gasteiger partial charge < -0.3 is 0 Å². The van der Waals surface area contributed by atoms with E-state index in [0.717, 1.165) is 22.8 Å².